The molecule has 0 bridgehead atoms. The van der Waals surface area contributed by atoms with Gasteiger partial charge < -0.3 is 30.0 Å². The predicted octanol–water partition coefficient (Wildman–Crippen LogP) is 2.64. The zero-order chi connectivity index (χ0) is 25.0. The Morgan fingerprint density at radius 2 is 1.94 bits per heavy atom. The van der Waals surface area contributed by atoms with E-state index in [9.17, 15) is 14.4 Å². The summed E-state index contributed by atoms with van der Waals surface area (Å²) in [4.78, 5) is 37.2. The van der Waals surface area contributed by atoms with E-state index in [0.29, 0.717) is 30.8 Å². The average Bonchev–Trinajstić information content (AvgIpc) is 2.82. The summed E-state index contributed by atoms with van der Waals surface area (Å²) in [7, 11) is 0. The second-order valence-electron chi connectivity index (χ2n) is 7.23. The van der Waals surface area contributed by atoms with E-state index in [4.69, 9.17) is 24.8 Å². The zero-order valence-corrected chi connectivity index (χ0v) is 19.4. The van der Waals surface area contributed by atoms with Gasteiger partial charge in [0.1, 0.15) is 19.0 Å². The highest BCUT2D eigenvalue weighted by Gasteiger charge is 2.11. The highest BCUT2D eigenvalue weighted by atomic mass is 16.6. The lowest BCUT2D eigenvalue weighted by atomic mass is 10.1. The Hall–Kier alpha value is -3.34. The van der Waals surface area contributed by atoms with Crippen LogP contribution in [0.1, 0.15) is 49.4 Å². The third-order valence-corrected chi connectivity index (χ3v) is 4.42. The number of amides is 2. The number of aliphatic carboxylic acids is 1. The lowest BCUT2D eigenvalue weighted by molar-refractivity contribution is -0.143. The molecule has 1 aromatic carbocycles. The molecular formula is C22H33N5O7. The van der Waals surface area contributed by atoms with E-state index < -0.39 is 18.8 Å². The van der Waals surface area contributed by atoms with Crippen molar-refractivity contribution in [1.82, 2.24) is 10.6 Å². The smallest absolute Gasteiger partial charge is 0.329 e. The maximum absolute atomic E-state index is 12.4. The lowest BCUT2D eigenvalue weighted by Crippen LogP contribution is -2.34. The Bertz CT molecular complexity index is 815. The molecule has 1 rings (SSSR count). The van der Waals surface area contributed by atoms with Crippen LogP contribution in [0.15, 0.2) is 29.4 Å². The number of ether oxygens (including phenoxy) is 3. The third-order valence-electron chi connectivity index (χ3n) is 4.42. The first-order chi connectivity index (χ1) is 16.5. The van der Waals surface area contributed by atoms with Gasteiger partial charge in [0.15, 0.2) is 6.23 Å². The number of hydrogen-bond acceptors (Lipinski definition) is 7. The minimum absolute atomic E-state index is 0.0120. The number of nitrogens with zero attached hydrogens (tertiary/aromatic N) is 3. The van der Waals surface area contributed by atoms with Crippen LogP contribution in [-0.4, -0.2) is 68.6 Å². The summed E-state index contributed by atoms with van der Waals surface area (Å²) in [5.74, 6) is -1.06. The van der Waals surface area contributed by atoms with Gasteiger partial charge in [-0.1, -0.05) is 37.4 Å². The van der Waals surface area contributed by atoms with Gasteiger partial charge in [-0.15, -0.1) is 0 Å². The first-order valence-electron chi connectivity index (χ1n) is 11.2. The summed E-state index contributed by atoms with van der Waals surface area (Å²) in [6.07, 6.45) is 3.67. The van der Waals surface area contributed by atoms with E-state index in [-0.39, 0.29) is 31.6 Å². The summed E-state index contributed by atoms with van der Waals surface area (Å²) >= 11 is 0. The molecule has 1 unspecified atom stereocenters. The van der Waals surface area contributed by atoms with Crippen molar-refractivity contribution in [3.63, 3.8) is 0 Å². The molecule has 2 amide bonds. The number of carboxylic acids is 1. The normalized spacial score (nSPS) is 11.2. The van der Waals surface area contributed by atoms with Gasteiger partial charge in [-0.25, -0.2) is 4.79 Å². The molecule has 188 valence electrons. The molecule has 12 heteroatoms. The molecule has 0 heterocycles. The number of hydrogen-bond donors (Lipinski definition) is 3. The van der Waals surface area contributed by atoms with Crippen LogP contribution in [0.4, 0.5) is 0 Å². The first-order valence-corrected chi connectivity index (χ1v) is 11.2. The maximum atomic E-state index is 12.4. The molecule has 3 N–H and O–H groups in total. The molecule has 0 fully saturated rings. The van der Waals surface area contributed by atoms with Crippen LogP contribution in [0.5, 0.6) is 5.75 Å². The monoisotopic (exact) mass is 479 g/mol. The quantitative estimate of drug-likeness (QED) is 0.118. The zero-order valence-electron chi connectivity index (χ0n) is 19.4. The highest BCUT2D eigenvalue weighted by molar-refractivity contribution is 5.94. The molecule has 0 spiro atoms. The number of carbonyl (C=O) groups excluding carboxylic acids is 2. The molecule has 1 aromatic rings. The van der Waals surface area contributed by atoms with Gasteiger partial charge >= 0.3 is 5.97 Å². The van der Waals surface area contributed by atoms with E-state index in [1.54, 1.807) is 18.2 Å². The fraction of sp³-hybridized carbons (Fsp3) is 0.591. The Balaban J connectivity index is 2.37. The fourth-order valence-electron chi connectivity index (χ4n) is 2.75. The molecule has 0 saturated heterocycles. The Labute approximate surface area is 198 Å². The number of nitrogens with one attached hydrogen (secondary N) is 2. The van der Waals surface area contributed by atoms with Gasteiger partial charge in [0.25, 0.3) is 5.91 Å². The van der Waals surface area contributed by atoms with E-state index in [2.05, 4.69) is 27.6 Å². The first kappa shape index (κ1) is 28.7. The molecule has 1 atom stereocenters. The SMILES string of the molecule is CCCCCCC(=O)NCCNC(=O)c1cccc(OCC(N=[N+]=[N-])OCCOCC(=O)O)c1. The summed E-state index contributed by atoms with van der Waals surface area (Å²) in [5, 5.41) is 17.5. The summed E-state index contributed by atoms with van der Waals surface area (Å²) in [6, 6.07) is 6.44. The van der Waals surface area contributed by atoms with Gasteiger partial charge in [0.2, 0.25) is 5.91 Å². The van der Waals surface area contributed by atoms with Crippen molar-refractivity contribution < 1.29 is 33.7 Å². The second kappa shape index (κ2) is 18.1. The fourth-order valence-corrected chi connectivity index (χ4v) is 2.75. The van der Waals surface area contributed by atoms with Gasteiger partial charge in [-0.3, -0.25) is 9.59 Å². The summed E-state index contributed by atoms with van der Waals surface area (Å²) < 4.78 is 15.7. The molecule has 0 aromatic heterocycles. The van der Waals surface area contributed by atoms with Crippen LogP contribution in [0, 0.1) is 0 Å². The Kier molecular flexibility index (Phi) is 15.3. The van der Waals surface area contributed by atoms with E-state index in [1.807, 2.05) is 0 Å². The number of carboxylic acid groups (broad SMARTS) is 1. The van der Waals surface area contributed by atoms with Crippen LogP contribution in [0.3, 0.4) is 0 Å². The molecule has 0 aliphatic rings. The molecule has 0 aliphatic carbocycles. The molecule has 34 heavy (non-hydrogen) atoms. The van der Waals surface area contributed by atoms with Crippen molar-refractivity contribution in [3.8, 4) is 5.75 Å². The molecule has 0 radical (unpaired) electrons. The summed E-state index contributed by atoms with van der Waals surface area (Å²) in [6.45, 7) is 2.21. The second-order valence-corrected chi connectivity index (χ2v) is 7.23. The third kappa shape index (κ3) is 13.9. The average molecular weight is 480 g/mol. The van der Waals surface area contributed by atoms with E-state index in [1.165, 1.54) is 6.07 Å². The number of unbranched alkanes of at least 4 members (excludes halogenated alkanes) is 3. The van der Waals surface area contributed by atoms with Gasteiger partial charge in [-0.2, -0.15) is 0 Å². The van der Waals surface area contributed by atoms with Crippen molar-refractivity contribution in [2.75, 3.05) is 39.5 Å². The standard InChI is InChI=1S/C22H33N5O7/c1-2-3-4-5-9-19(28)24-10-11-25-22(31)17-7-6-8-18(14-17)34-15-20(26-27-23)33-13-12-32-16-21(29)30/h6-8,14,20H,2-5,9-13,15-16H2,1H3,(H,24,28)(H,25,31)(H,29,30). The molecular weight excluding hydrogens is 446 g/mol. The Morgan fingerprint density at radius 3 is 2.68 bits per heavy atom. The van der Waals surface area contributed by atoms with Crippen LogP contribution in [0.25, 0.3) is 10.4 Å². The molecule has 0 saturated carbocycles. The van der Waals surface area contributed by atoms with Crippen LogP contribution in [0.2, 0.25) is 0 Å². The largest absolute Gasteiger partial charge is 0.491 e. The number of rotatable bonds is 19. The number of carbonyl (C=O) groups is 3. The van der Waals surface area contributed by atoms with Crippen molar-refractivity contribution in [3.05, 3.63) is 40.3 Å². The van der Waals surface area contributed by atoms with Crippen molar-refractivity contribution in [2.24, 2.45) is 5.11 Å². The Morgan fingerprint density at radius 1 is 1.15 bits per heavy atom. The van der Waals surface area contributed by atoms with E-state index >= 15 is 0 Å². The topological polar surface area (TPSA) is 172 Å². The summed E-state index contributed by atoms with van der Waals surface area (Å²) in [5.41, 5.74) is 9.03. The minimum atomic E-state index is -1.10. The van der Waals surface area contributed by atoms with Crippen molar-refractivity contribution >= 4 is 17.8 Å². The highest BCUT2D eigenvalue weighted by Crippen LogP contribution is 2.14. The minimum Gasteiger partial charge on any atom is -0.491 e. The van der Waals surface area contributed by atoms with Crippen molar-refractivity contribution in [2.45, 2.75) is 45.3 Å². The molecule has 0 aliphatic heterocycles. The van der Waals surface area contributed by atoms with E-state index in [0.717, 1.165) is 25.7 Å². The number of azide groups is 1. The van der Waals surface area contributed by atoms with Crippen LogP contribution < -0.4 is 15.4 Å². The van der Waals surface area contributed by atoms with Gasteiger partial charge in [-0.05, 0) is 30.2 Å². The van der Waals surface area contributed by atoms with Crippen molar-refractivity contribution in [1.29, 1.82) is 0 Å². The van der Waals surface area contributed by atoms with Crippen LogP contribution >= 0.6 is 0 Å². The lowest BCUT2D eigenvalue weighted by Gasteiger charge is -2.14. The predicted molar refractivity (Wildman–Crippen MR) is 123 cm³/mol. The van der Waals surface area contributed by atoms with Gasteiger partial charge in [0.05, 0.1) is 13.2 Å². The maximum Gasteiger partial charge on any atom is 0.329 e. The molecule has 12 nitrogen and oxygen atoms in total. The van der Waals surface area contributed by atoms with Crippen LogP contribution in [-0.2, 0) is 19.1 Å². The van der Waals surface area contributed by atoms with Gasteiger partial charge in [0, 0.05) is 30.0 Å². The number of benzene rings is 1.